The van der Waals surface area contributed by atoms with E-state index in [1.165, 1.54) is 4.90 Å². The first-order valence-corrected chi connectivity index (χ1v) is 12.9. The number of hydrogen-bond donors (Lipinski definition) is 1. The minimum Gasteiger partial charge on any atom is -0.324 e. The maximum Gasteiger partial charge on any atom is 0.247 e. The van der Waals surface area contributed by atoms with E-state index in [9.17, 15) is 14.4 Å². The molecule has 0 unspecified atom stereocenters. The lowest BCUT2D eigenvalue weighted by Crippen LogP contribution is -2.48. The molecule has 0 saturated carbocycles. The molecule has 0 spiro atoms. The van der Waals surface area contributed by atoms with E-state index < -0.39 is 17.9 Å². The Morgan fingerprint density at radius 3 is 1.75 bits per heavy atom. The maximum absolute atomic E-state index is 14.1. The molecule has 182 valence electrons. The van der Waals surface area contributed by atoms with Crippen molar-refractivity contribution in [1.82, 2.24) is 4.90 Å². The minimum absolute atomic E-state index is 0.167. The van der Waals surface area contributed by atoms with E-state index in [2.05, 4.69) is 36.5 Å². The highest BCUT2D eigenvalue weighted by atomic mass is 16.2. The third-order valence-electron chi connectivity index (χ3n) is 8.33. The van der Waals surface area contributed by atoms with E-state index in [-0.39, 0.29) is 29.6 Å². The zero-order valence-corrected chi connectivity index (χ0v) is 20.6. The Morgan fingerprint density at radius 2 is 1.28 bits per heavy atom. The van der Waals surface area contributed by atoms with Gasteiger partial charge in [0.25, 0.3) is 0 Å². The maximum atomic E-state index is 14.1. The Bertz CT molecular complexity index is 1260. The van der Waals surface area contributed by atoms with Crippen LogP contribution in [0.3, 0.4) is 0 Å². The summed E-state index contributed by atoms with van der Waals surface area (Å²) in [4.78, 5) is 43.2. The van der Waals surface area contributed by atoms with Gasteiger partial charge in [-0.15, -0.1) is 0 Å². The number of hydrogen-bond acceptors (Lipinski definition) is 3. The number of carbonyl (C=O) groups is 3. The topological polar surface area (TPSA) is 66.5 Å². The molecular weight excluding hydrogens is 448 g/mol. The largest absolute Gasteiger partial charge is 0.324 e. The van der Waals surface area contributed by atoms with Gasteiger partial charge in [-0.25, -0.2) is 0 Å². The average molecular weight is 479 g/mol. The third kappa shape index (κ3) is 3.25. The second-order valence-electron chi connectivity index (χ2n) is 10.3. The van der Waals surface area contributed by atoms with Crippen molar-refractivity contribution in [2.24, 2.45) is 11.8 Å². The summed E-state index contributed by atoms with van der Waals surface area (Å²) in [5.74, 6) is -1.97. The van der Waals surface area contributed by atoms with Gasteiger partial charge in [0, 0.05) is 17.5 Å². The Balaban J connectivity index is 1.41. The summed E-state index contributed by atoms with van der Waals surface area (Å²) < 4.78 is 0. The quantitative estimate of drug-likeness (QED) is 0.484. The predicted octanol–water partition coefficient (Wildman–Crippen LogP) is 5.38. The smallest absolute Gasteiger partial charge is 0.247 e. The molecule has 3 aromatic carbocycles. The first kappa shape index (κ1) is 22.7. The van der Waals surface area contributed by atoms with Crippen molar-refractivity contribution in [2.75, 3.05) is 5.32 Å². The highest BCUT2D eigenvalue weighted by molar-refractivity contribution is 6.11. The van der Waals surface area contributed by atoms with Crippen molar-refractivity contribution in [2.45, 2.75) is 51.0 Å². The molecule has 1 aliphatic heterocycles. The van der Waals surface area contributed by atoms with Gasteiger partial charge in [-0.1, -0.05) is 86.5 Å². The van der Waals surface area contributed by atoms with Crippen LogP contribution in [0.1, 0.15) is 65.8 Å². The van der Waals surface area contributed by atoms with Gasteiger partial charge < -0.3 is 5.32 Å². The monoisotopic (exact) mass is 478 g/mol. The van der Waals surface area contributed by atoms with Gasteiger partial charge >= 0.3 is 0 Å². The molecule has 3 atom stereocenters. The normalized spacial score (nSPS) is 24.2. The Kier molecular flexibility index (Phi) is 5.51. The summed E-state index contributed by atoms with van der Waals surface area (Å²) in [5.41, 5.74) is 6.21. The number of rotatable bonds is 6. The molecule has 0 radical (unpaired) electrons. The number of imide groups is 1. The Morgan fingerprint density at radius 1 is 0.806 bits per heavy atom. The number of para-hydroxylation sites is 1. The Labute approximate surface area is 211 Å². The minimum atomic E-state index is -0.819. The van der Waals surface area contributed by atoms with Gasteiger partial charge in [0.15, 0.2) is 0 Å². The van der Waals surface area contributed by atoms with Gasteiger partial charge in [0.05, 0.1) is 11.8 Å². The SMILES string of the molecule is CCCC[C@H](C(=O)Nc1ccccc1C)N1C(=O)[C@@H]2C3c4ccccc4C(c4ccccc43)[C@H]2C1=O. The molecule has 2 bridgehead atoms. The van der Waals surface area contributed by atoms with E-state index in [1.807, 2.05) is 55.5 Å². The fourth-order valence-electron chi connectivity index (χ4n) is 6.71. The molecule has 5 nitrogen and oxygen atoms in total. The number of aryl methyl sites for hydroxylation is 1. The first-order valence-electron chi connectivity index (χ1n) is 12.9. The molecule has 1 saturated heterocycles. The van der Waals surface area contributed by atoms with Gasteiger partial charge in [-0.2, -0.15) is 0 Å². The van der Waals surface area contributed by atoms with Crippen LogP contribution >= 0.6 is 0 Å². The van der Waals surface area contributed by atoms with Crippen molar-refractivity contribution in [3.05, 3.63) is 101 Å². The highest BCUT2D eigenvalue weighted by Crippen LogP contribution is 2.61. The van der Waals surface area contributed by atoms with Crippen LogP contribution < -0.4 is 5.32 Å². The number of benzene rings is 3. The number of likely N-dealkylation sites (tertiary alicyclic amines) is 1. The molecule has 3 aromatic rings. The van der Waals surface area contributed by atoms with Crippen molar-refractivity contribution < 1.29 is 14.4 Å². The molecular formula is C31H30N2O3. The van der Waals surface area contributed by atoms with Crippen LogP contribution in [-0.2, 0) is 14.4 Å². The van der Waals surface area contributed by atoms with Crippen molar-refractivity contribution in [3.63, 3.8) is 0 Å². The number of nitrogens with zero attached hydrogens (tertiary/aromatic N) is 1. The standard InChI is InChI=1S/C31H30N2O3/c1-3-4-17-24(29(34)32-23-16-10-5-11-18(23)2)33-30(35)27-25-19-12-6-7-13-20(19)26(28(27)31(33)36)22-15-9-8-14-21(22)25/h5-16,24-28H,3-4,17H2,1-2H3,(H,32,34)/t24-,25?,26?,27-,28-/m1/s1. The molecule has 7 rings (SSSR count). The molecule has 3 amide bonds. The lowest BCUT2D eigenvalue weighted by molar-refractivity contribution is -0.147. The predicted molar refractivity (Wildman–Crippen MR) is 139 cm³/mol. The summed E-state index contributed by atoms with van der Waals surface area (Å²) in [6.45, 7) is 3.99. The van der Waals surface area contributed by atoms with E-state index >= 15 is 0 Å². The number of nitrogens with one attached hydrogen (secondary N) is 1. The molecule has 1 fully saturated rings. The molecule has 3 aliphatic carbocycles. The summed E-state index contributed by atoms with van der Waals surface area (Å²) in [7, 11) is 0. The van der Waals surface area contributed by atoms with Gasteiger partial charge in [0.1, 0.15) is 6.04 Å². The van der Waals surface area contributed by atoms with E-state index in [0.717, 1.165) is 40.7 Å². The molecule has 1 N–H and O–H groups in total. The average Bonchev–Trinajstić information content (AvgIpc) is 3.16. The lowest BCUT2D eigenvalue weighted by Gasteiger charge is -2.45. The fourth-order valence-corrected chi connectivity index (χ4v) is 6.71. The van der Waals surface area contributed by atoms with Crippen molar-refractivity contribution >= 4 is 23.4 Å². The summed E-state index contributed by atoms with van der Waals surface area (Å²) in [6.07, 6.45) is 2.09. The van der Waals surface area contributed by atoms with Crippen molar-refractivity contribution in [1.29, 1.82) is 0 Å². The van der Waals surface area contributed by atoms with Crippen molar-refractivity contribution in [3.8, 4) is 0 Å². The van der Waals surface area contributed by atoms with Gasteiger partial charge in [-0.3, -0.25) is 19.3 Å². The first-order chi connectivity index (χ1) is 17.5. The summed E-state index contributed by atoms with van der Waals surface area (Å²) in [5, 5.41) is 3.01. The van der Waals surface area contributed by atoms with Crippen LogP contribution in [0, 0.1) is 18.8 Å². The second-order valence-corrected chi connectivity index (χ2v) is 10.3. The zero-order chi connectivity index (χ0) is 25.0. The van der Waals surface area contributed by atoms with Crippen LogP contribution in [0.2, 0.25) is 0 Å². The van der Waals surface area contributed by atoms with Crippen LogP contribution in [0.4, 0.5) is 5.69 Å². The van der Waals surface area contributed by atoms with E-state index in [1.54, 1.807) is 0 Å². The summed E-state index contributed by atoms with van der Waals surface area (Å²) in [6, 6.07) is 23.2. The third-order valence-corrected chi connectivity index (χ3v) is 8.33. The molecule has 36 heavy (non-hydrogen) atoms. The second kappa shape index (κ2) is 8.74. The number of anilines is 1. The molecule has 1 heterocycles. The van der Waals surface area contributed by atoms with Crippen LogP contribution in [-0.4, -0.2) is 28.7 Å². The lowest BCUT2D eigenvalue weighted by atomic mass is 9.55. The Hall–Kier alpha value is -3.73. The van der Waals surface area contributed by atoms with Gasteiger partial charge in [0.2, 0.25) is 17.7 Å². The molecule has 0 aromatic heterocycles. The number of amides is 3. The highest BCUT2D eigenvalue weighted by Gasteiger charge is 2.62. The van der Waals surface area contributed by atoms with Crippen LogP contribution in [0.25, 0.3) is 0 Å². The van der Waals surface area contributed by atoms with Crippen LogP contribution in [0.15, 0.2) is 72.8 Å². The number of unbranched alkanes of at least 4 members (excludes halogenated alkanes) is 1. The van der Waals surface area contributed by atoms with E-state index in [0.29, 0.717) is 12.1 Å². The molecule has 5 heteroatoms. The zero-order valence-electron chi connectivity index (χ0n) is 20.6. The fraction of sp³-hybridized carbons (Fsp3) is 0.323. The van der Waals surface area contributed by atoms with E-state index in [4.69, 9.17) is 0 Å². The van der Waals surface area contributed by atoms with Gasteiger partial charge in [-0.05, 0) is 47.2 Å². The molecule has 4 aliphatic rings. The summed E-state index contributed by atoms with van der Waals surface area (Å²) >= 11 is 0. The number of carbonyl (C=O) groups excluding carboxylic acids is 3. The van der Waals surface area contributed by atoms with Crippen LogP contribution in [0.5, 0.6) is 0 Å².